The molecule has 0 spiro atoms. The fraction of sp³-hybridized carbons (Fsp3) is 0.545. The Morgan fingerprint density at radius 3 is 2.00 bits per heavy atom. The number of carbonyl (C=O) groups is 1. The van der Waals surface area contributed by atoms with Crippen molar-refractivity contribution in [3.8, 4) is 0 Å². The average Bonchev–Trinajstić information content (AvgIpc) is 2.11. The maximum Gasteiger partial charge on any atom is 0.152 e. The molecular weight excluding hydrogens is 148 g/mol. The Kier molecular flexibility index (Phi) is 1.78. The van der Waals surface area contributed by atoms with Gasteiger partial charge < -0.3 is 0 Å². The summed E-state index contributed by atoms with van der Waals surface area (Å²) < 4.78 is 0. The van der Waals surface area contributed by atoms with Crippen LogP contribution in [-0.2, 0) is 4.79 Å². The number of Topliss-reactive ketones (excluding diaryl/α,β-unsaturated/α-hetero) is 1. The highest BCUT2D eigenvalue weighted by Gasteiger charge is 2.45. The molecule has 0 saturated heterocycles. The van der Waals surface area contributed by atoms with Crippen molar-refractivity contribution in [2.24, 2.45) is 10.8 Å². The molecule has 0 aromatic carbocycles. The third-order valence-electron chi connectivity index (χ3n) is 2.61. The molecule has 0 amide bonds. The Morgan fingerprint density at radius 1 is 1.33 bits per heavy atom. The van der Waals surface area contributed by atoms with Crippen molar-refractivity contribution in [1.29, 1.82) is 0 Å². The monoisotopic (exact) mass is 164 g/mol. The largest absolute Gasteiger partial charge is 0.298 e. The van der Waals surface area contributed by atoms with Crippen molar-refractivity contribution in [3.05, 3.63) is 24.3 Å². The van der Waals surface area contributed by atoms with Gasteiger partial charge in [-0.25, -0.2) is 0 Å². The lowest BCUT2D eigenvalue weighted by Crippen LogP contribution is -2.29. The maximum atomic E-state index is 11.8. The summed E-state index contributed by atoms with van der Waals surface area (Å²) >= 11 is 0. The fourth-order valence-corrected chi connectivity index (χ4v) is 1.89. The van der Waals surface area contributed by atoms with Crippen molar-refractivity contribution >= 4 is 5.78 Å². The first-order valence-corrected chi connectivity index (χ1v) is 4.23. The van der Waals surface area contributed by atoms with Crippen LogP contribution in [0.25, 0.3) is 0 Å². The van der Waals surface area contributed by atoms with Gasteiger partial charge in [0.1, 0.15) is 0 Å². The zero-order chi connectivity index (χ0) is 9.57. The van der Waals surface area contributed by atoms with Gasteiger partial charge in [0.15, 0.2) is 5.78 Å². The first-order valence-electron chi connectivity index (χ1n) is 4.23. The molecule has 0 aromatic rings. The molecule has 0 heterocycles. The van der Waals surface area contributed by atoms with E-state index in [0.29, 0.717) is 0 Å². The van der Waals surface area contributed by atoms with E-state index in [-0.39, 0.29) is 16.6 Å². The molecule has 1 aliphatic carbocycles. The summed E-state index contributed by atoms with van der Waals surface area (Å²) in [4.78, 5) is 11.8. The van der Waals surface area contributed by atoms with Gasteiger partial charge in [0.05, 0.1) is 0 Å². The molecule has 0 saturated carbocycles. The van der Waals surface area contributed by atoms with Crippen molar-refractivity contribution in [2.75, 3.05) is 0 Å². The quantitative estimate of drug-likeness (QED) is 0.582. The molecule has 0 radical (unpaired) electrons. The molecule has 0 unspecified atom stereocenters. The summed E-state index contributed by atoms with van der Waals surface area (Å²) in [5.41, 5.74) is 0.399. The molecule has 0 atom stereocenters. The minimum atomic E-state index is -0.342. The van der Waals surface area contributed by atoms with Crippen molar-refractivity contribution in [2.45, 2.75) is 27.7 Å². The Hall–Kier alpha value is -0.850. The molecule has 0 fully saturated rings. The summed E-state index contributed by atoms with van der Waals surface area (Å²) in [5.74, 6) is 0.282. The maximum absolute atomic E-state index is 11.8. The van der Waals surface area contributed by atoms with Crippen molar-refractivity contribution < 1.29 is 4.79 Å². The predicted molar refractivity (Wildman–Crippen MR) is 50.8 cm³/mol. The van der Waals surface area contributed by atoms with Gasteiger partial charge in [-0.2, -0.15) is 0 Å². The van der Waals surface area contributed by atoms with Gasteiger partial charge in [-0.15, -0.1) is 0 Å². The number of carbonyl (C=O) groups excluding carboxylic acids is 1. The van der Waals surface area contributed by atoms with Crippen molar-refractivity contribution in [1.82, 2.24) is 0 Å². The zero-order valence-corrected chi connectivity index (χ0v) is 8.27. The topological polar surface area (TPSA) is 17.1 Å². The van der Waals surface area contributed by atoms with Crippen LogP contribution in [0.1, 0.15) is 27.7 Å². The van der Waals surface area contributed by atoms with Gasteiger partial charge >= 0.3 is 0 Å². The Balaban J connectivity index is 3.21. The standard InChI is InChI=1S/C11H16O/c1-6-8-7-10(2,3)9(12)11(8,4)5/h6-7H,1H2,2-5H3. The molecule has 12 heavy (non-hydrogen) atoms. The van der Waals surface area contributed by atoms with Gasteiger partial charge in [-0.1, -0.05) is 18.7 Å². The van der Waals surface area contributed by atoms with E-state index in [0.717, 1.165) is 5.57 Å². The van der Waals surface area contributed by atoms with Crippen LogP contribution in [0.3, 0.4) is 0 Å². The Bertz CT molecular complexity index is 267. The highest BCUT2D eigenvalue weighted by atomic mass is 16.1. The Labute approximate surface area is 74.2 Å². The normalized spacial score (nSPS) is 25.3. The molecule has 66 valence electrons. The van der Waals surface area contributed by atoms with Crippen LogP contribution in [0.15, 0.2) is 24.3 Å². The Morgan fingerprint density at radius 2 is 1.83 bits per heavy atom. The highest BCUT2D eigenvalue weighted by Crippen LogP contribution is 2.44. The first-order chi connectivity index (χ1) is 5.32. The summed E-state index contributed by atoms with van der Waals surface area (Å²) in [6.45, 7) is 11.5. The molecule has 0 N–H and O–H groups in total. The minimum Gasteiger partial charge on any atom is -0.298 e. The smallest absolute Gasteiger partial charge is 0.152 e. The molecule has 0 aromatic heterocycles. The van der Waals surface area contributed by atoms with E-state index in [9.17, 15) is 4.79 Å². The van der Waals surface area contributed by atoms with E-state index in [1.807, 2.05) is 33.8 Å². The van der Waals surface area contributed by atoms with Crippen LogP contribution in [0.4, 0.5) is 0 Å². The van der Waals surface area contributed by atoms with E-state index in [1.54, 1.807) is 6.08 Å². The minimum absolute atomic E-state index is 0.282. The lowest BCUT2D eigenvalue weighted by atomic mass is 9.79. The van der Waals surface area contributed by atoms with Gasteiger partial charge in [0, 0.05) is 10.8 Å². The van der Waals surface area contributed by atoms with E-state index in [1.165, 1.54) is 0 Å². The van der Waals surface area contributed by atoms with Gasteiger partial charge in [0.2, 0.25) is 0 Å². The number of hydrogen-bond donors (Lipinski definition) is 0. The predicted octanol–water partition coefficient (Wildman–Crippen LogP) is 2.73. The lowest BCUT2D eigenvalue weighted by molar-refractivity contribution is -0.129. The molecule has 1 nitrogen and oxygen atoms in total. The fourth-order valence-electron chi connectivity index (χ4n) is 1.89. The third-order valence-corrected chi connectivity index (χ3v) is 2.61. The first kappa shape index (κ1) is 9.24. The van der Waals surface area contributed by atoms with Crippen LogP contribution in [-0.4, -0.2) is 5.78 Å². The number of hydrogen-bond acceptors (Lipinski definition) is 1. The molecule has 0 bridgehead atoms. The van der Waals surface area contributed by atoms with Crippen LogP contribution < -0.4 is 0 Å². The SMILES string of the molecule is C=CC1=CC(C)(C)C(=O)C1(C)C. The molecular formula is C11H16O. The average molecular weight is 164 g/mol. The number of allylic oxidation sites excluding steroid dienone is 3. The summed E-state index contributed by atoms with van der Waals surface area (Å²) in [6, 6.07) is 0. The lowest BCUT2D eigenvalue weighted by Gasteiger charge is -2.22. The third kappa shape index (κ3) is 1.04. The van der Waals surface area contributed by atoms with E-state index >= 15 is 0 Å². The number of ketones is 1. The van der Waals surface area contributed by atoms with Crippen LogP contribution in [0.5, 0.6) is 0 Å². The van der Waals surface area contributed by atoms with E-state index < -0.39 is 0 Å². The molecule has 1 rings (SSSR count). The molecule has 1 heteroatoms. The molecule has 0 aliphatic heterocycles. The highest BCUT2D eigenvalue weighted by molar-refractivity contribution is 5.97. The van der Waals surface area contributed by atoms with E-state index in [2.05, 4.69) is 6.58 Å². The summed E-state index contributed by atoms with van der Waals surface area (Å²) in [6.07, 6.45) is 3.80. The van der Waals surface area contributed by atoms with Gasteiger partial charge in [-0.3, -0.25) is 4.79 Å². The van der Waals surface area contributed by atoms with Crippen LogP contribution in [0.2, 0.25) is 0 Å². The number of rotatable bonds is 1. The van der Waals surface area contributed by atoms with Crippen LogP contribution >= 0.6 is 0 Å². The zero-order valence-electron chi connectivity index (χ0n) is 8.27. The second-order valence-electron chi connectivity index (χ2n) is 4.48. The van der Waals surface area contributed by atoms with Crippen LogP contribution in [0, 0.1) is 10.8 Å². The second kappa shape index (κ2) is 2.32. The van der Waals surface area contributed by atoms with Crippen molar-refractivity contribution in [3.63, 3.8) is 0 Å². The van der Waals surface area contributed by atoms with Gasteiger partial charge in [0.25, 0.3) is 0 Å². The van der Waals surface area contributed by atoms with Gasteiger partial charge in [-0.05, 0) is 33.3 Å². The second-order valence-corrected chi connectivity index (χ2v) is 4.48. The summed E-state index contributed by atoms with van der Waals surface area (Å²) in [5, 5.41) is 0. The van der Waals surface area contributed by atoms with E-state index in [4.69, 9.17) is 0 Å². The summed E-state index contributed by atoms with van der Waals surface area (Å²) in [7, 11) is 0. The molecule has 1 aliphatic rings.